The van der Waals surface area contributed by atoms with E-state index in [0.717, 1.165) is 17.2 Å². The van der Waals surface area contributed by atoms with Crippen LogP contribution in [0.1, 0.15) is 6.42 Å². The fourth-order valence-electron chi connectivity index (χ4n) is 2.53. The zero-order valence-corrected chi connectivity index (χ0v) is 15.2. The van der Waals surface area contributed by atoms with E-state index in [2.05, 4.69) is 20.3 Å². The van der Waals surface area contributed by atoms with Gasteiger partial charge >= 0.3 is 5.97 Å². The number of anilines is 1. The molecule has 8 nitrogen and oxygen atoms in total. The summed E-state index contributed by atoms with van der Waals surface area (Å²) in [6.45, 7) is 0. The van der Waals surface area contributed by atoms with Crippen LogP contribution in [0.15, 0.2) is 36.9 Å². The number of carbonyl (C=O) groups is 1. The first-order chi connectivity index (χ1) is 12.6. The molecule has 0 fully saturated rings. The van der Waals surface area contributed by atoms with E-state index in [4.69, 9.17) is 4.74 Å². The van der Waals surface area contributed by atoms with Crippen molar-refractivity contribution in [3.63, 3.8) is 0 Å². The molecule has 0 aliphatic heterocycles. The van der Waals surface area contributed by atoms with Crippen molar-refractivity contribution in [1.82, 2.24) is 19.5 Å². The number of hydrogen-bond acceptors (Lipinski definition) is 7. The molecule has 0 aliphatic carbocycles. The van der Waals surface area contributed by atoms with Gasteiger partial charge in [-0.15, -0.1) is 0 Å². The first-order valence-corrected chi connectivity index (χ1v) is 9.34. The van der Waals surface area contributed by atoms with Gasteiger partial charge in [-0.3, -0.25) is 4.57 Å². The second-order valence-corrected chi connectivity index (χ2v) is 6.51. The Morgan fingerprint density at radius 2 is 2.08 bits per heavy atom. The number of benzene rings is 1. The van der Waals surface area contributed by atoms with E-state index >= 15 is 0 Å². The Morgan fingerprint density at radius 1 is 1.31 bits per heavy atom. The van der Waals surface area contributed by atoms with E-state index in [1.165, 1.54) is 6.33 Å². The lowest BCUT2D eigenvalue weighted by molar-refractivity contribution is -0.137. The Labute approximate surface area is 154 Å². The average Bonchev–Trinajstić information content (AvgIpc) is 3.10. The summed E-state index contributed by atoms with van der Waals surface area (Å²) in [6.07, 6.45) is 5.48. The molecule has 2 heterocycles. The van der Waals surface area contributed by atoms with Gasteiger partial charge < -0.3 is 15.2 Å². The number of rotatable bonds is 8. The molecule has 26 heavy (non-hydrogen) atoms. The summed E-state index contributed by atoms with van der Waals surface area (Å²) in [6, 6.07) is 6.77. The van der Waals surface area contributed by atoms with E-state index in [0.29, 0.717) is 23.4 Å². The Morgan fingerprint density at radius 3 is 2.73 bits per heavy atom. The minimum atomic E-state index is -0.916. The number of aromatic nitrogens is 4. The van der Waals surface area contributed by atoms with E-state index in [1.54, 1.807) is 25.2 Å². The molecule has 0 radical (unpaired) electrons. The Kier molecular flexibility index (Phi) is 5.57. The van der Waals surface area contributed by atoms with E-state index in [1.807, 2.05) is 35.1 Å². The summed E-state index contributed by atoms with van der Waals surface area (Å²) in [5, 5.41) is 12.4. The van der Waals surface area contributed by atoms with Crippen LogP contribution >= 0.6 is 11.8 Å². The van der Waals surface area contributed by atoms with Crippen LogP contribution < -0.4 is 10.1 Å². The van der Waals surface area contributed by atoms with Gasteiger partial charge in [-0.2, -0.15) is 11.8 Å². The third-order valence-electron chi connectivity index (χ3n) is 3.90. The fraction of sp³-hybridized carbons (Fsp3) is 0.294. The molecule has 0 amide bonds. The first-order valence-electron chi connectivity index (χ1n) is 7.94. The summed E-state index contributed by atoms with van der Waals surface area (Å²) in [5.74, 6) is 0.989. The molecule has 1 aromatic carbocycles. The van der Waals surface area contributed by atoms with Crippen molar-refractivity contribution < 1.29 is 14.6 Å². The summed E-state index contributed by atoms with van der Waals surface area (Å²) in [4.78, 5) is 24.3. The number of fused-ring (bicyclic) bond motifs is 1. The quantitative estimate of drug-likeness (QED) is 0.621. The molecule has 1 atom stereocenters. The van der Waals surface area contributed by atoms with Gasteiger partial charge in [-0.1, -0.05) is 0 Å². The highest BCUT2D eigenvalue weighted by molar-refractivity contribution is 7.98. The van der Waals surface area contributed by atoms with Crippen molar-refractivity contribution in [3.05, 3.63) is 36.9 Å². The van der Waals surface area contributed by atoms with Gasteiger partial charge in [0.2, 0.25) is 0 Å². The largest absolute Gasteiger partial charge is 0.497 e. The van der Waals surface area contributed by atoms with Crippen LogP contribution in [0.4, 0.5) is 5.82 Å². The maximum absolute atomic E-state index is 11.5. The van der Waals surface area contributed by atoms with Gasteiger partial charge in [0.25, 0.3) is 0 Å². The number of aliphatic carboxylic acids is 1. The predicted molar refractivity (Wildman–Crippen MR) is 101 cm³/mol. The van der Waals surface area contributed by atoms with Crippen LogP contribution in [-0.4, -0.2) is 55.8 Å². The molecule has 2 aromatic heterocycles. The van der Waals surface area contributed by atoms with E-state index < -0.39 is 12.0 Å². The first kappa shape index (κ1) is 18.0. The van der Waals surface area contributed by atoms with Crippen molar-refractivity contribution in [2.75, 3.05) is 24.4 Å². The van der Waals surface area contributed by atoms with Crippen LogP contribution in [0.5, 0.6) is 5.75 Å². The van der Waals surface area contributed by atoms with Gasteiger partial charge in [0, 0.05) is 5.69 Å². The van der Waals surface area contributed by atoms with Gasteiger partial charge in [0.1, 0.15) is 24.4 Å². The number of thioether (sulfide) groups is 1. The van der Waals surface area contributed by atoms with Gasteiger partial charge in [-0.05, 0) is 42.7 Å². The van der Waals surface area contributed by atoms with Gasteiger partial charge in [-0.25, -0.2) is 19.7 Å². The number of methoxy groups -OCH3 is 1. The number of nitrogens with zero attached hydrogens (tertiary/aromatic N) is 4. The molecule has 9 heteroatoms. The highest BCUT2D eigenvalue weighted by Gasteiger charge is 2.20. The lowest BCUT2D eigenvalue weighted by Crippen LogP contribution is -2.30. The molecular formula is C17H19N5O3S. The third kappa shape index (κ3) is 3.72. The number of nitrogens with one attached hydrogen (secondary N) is 1. The number of hydrogen-bond donors (Lipinski definition) is 2. The maximum atomic E-state index is 11.5. The number of carboxylic acids is 1. The van der Waals surface area contributed by atoms with Crippen LogP contribution in [0.2, 0.25) is 0 Å². The van der Waals surface area contributed by atoms with E-state index in [-0.39, 0.29) is 0 Å². The summed E-state index contributed by atoms with van der Waals surface area (Å²) in [5.41, 5.74) is 2.00. The Hall–Kier alpha value is -2.81. The molecule has 0 aliphatic rings. The smallest absolute Gasteiger partial charge is 0.326 e. The molecule has 0 saturated carbocycles. The highest BCUT2D eigenvalue weighted by Crippen LogP contribution is 2.23. The minimum absolute atomic E-state index is 0.413. The van der Waals surface area contributed by atoms with E-state index in [9.17, 15) is 9.90 Å². The molecule has 0 saturated heterocycles. The third-order valence-corrected chi connectivity index (χ3v) is 4.55. The molecule has 0 spiro atoms. The second kappa shape index (κ2) is 8.05. The van der Waals surface area contributed by atoms with Gasteiger partial charge in [0.05, 0.1) is 7.11 Å². The molecule has 136 valence electrons. The number of carboxylic acid groups (broad SMARTS) is 1. The minimum Gasteiger partial charge on any atom is -0.497 e. The van der Waals surface area contributed by atoms with Crippen LogP contribution in [0, 0.1) is 0 Å². The SMILES string of the molecule is COc1ccc(-n2cnc3c(N[C@@H](CCSC)C(=O)O)ncnc32)cc1. The molecule has 0 bridgehead atoms. The zero-order chi connectivity index (χ0) is 18.5. The molecule has 3 aromatic rings. The molecule has 0 unspecified atom stereocenters. The van der Waals surface area contributed by atoms with Crippen molar-refractivity contribution >= 4 is 34.7 Å². The van der Waals surface area contributed by atoms with Crippen molar-refractivity contribution in [1.29, 1.82) is 0 Å². The standard InChI is InChI=1S/C17H19N5O3S/c1-25-12-5-3-11(4-6-12)22-10-20-14-15(18-9-19-16(14)22)21-13(17(23)24)7-8-26-2/h3-6,9-10,13H,7-8H2,1-2H3,(H,23,24)(H,18,19,21)/t13-/m0/s1. The summed E-state index contributed by atoms with van der Waals surface area (Å²) < 4.78 is 6.99. The number of ether oxygens (including phenoxy) is 1. The average molecular weight is 373 g/mol. The highest BCUT2D eigenvalue weighted by atomic mass is 32.2. The predicted octanol–water partition coefficient (Wildman–Crippen LogP) is 2.44. The molecule has 2 N–H and O–H groups in total. The summed E-state index contributed by atoms with van der Waals surface area (Å²) >= 11 is 1.60. The van der Waals surface area contributed by atoms with Crippen molar-refractivity contribution in [3.8, 4) is 11.4 Å². The lowest BCUT2D eigenvalue weighted by atomic mass is 10.2. The van der Waals surface area contributed by atoms with Crippen molar-refractivity contribution in [2.45, 2.75) is 12.5 Å². The summed E-state index contributed by atoms with van der Waals surface area (Å²) in [7, 11) is 1.61. The second-order valence-electron chi connectivity index (χ2n) is 5.52. The van der Waals surface area contributed by atoms with Crippen LogP contribution in [-0.2, 0) is 4.79 Å². The lowest BCUT2D eigenvalue weighted by Gasteiger charge is -2.14. The fourth-order valence-corrected chi connectivity index (χ4v) is 3.00. The van der Waals surface area contributed by atoms with Gasteiger partial charge in [0.15, 0.2) is 17.0 Å². The maximum Gasteiger partial charge on any atom is 0.326 e. The Bertz CT molecular complexity index is 897. The topological polar surface area (TPSA) is 102 Å². The Balaban J connectivity index is 1.93. The van der Waals surface area contributed by atoms with Crippen LogP contribution in [0.25, 0.3) is 16.9 Å². The van der Waals surface area contributed by atoms with Crippen molar-refractivity contribution in [2.24, 2.45) is 0 Å². The zero-order valence-electron chi connectivity index (χ0n) is 14.4. The number of imidazole rings is 1. The molecule has 3 rings (SSSR count). The molecular weight excluding hydrogens is 354 g/mol. The normalized spacial score (nSPS) is 12.1. The van der Waals surface area contributed by atoms with Crippen LogP contribution in [0.3, 0.4) is 0 Å². The monoisotopic (exact) mass is 373 g/mol.